The van der Waals surface area contributed by atoms with Crippen LogP contribution in [0.25, 0.3) is 0 Å². The van der Waals surface area contributed by atoms with Crippen molar-refractivity contribution in [3.8, 4) is 0 Å². The maximum Gasteiger partial charge on any atom is 0.416 e. The summed E-state index contributed by atoms with van der Waals surface area (Å²) in [6.07, 6.45) is -4.51. The quantitative estimate of drug-likeness (QED) is 0.814. The fourth-order valence-electron chi connectivity index (χ4n) is 3.01. The number of amides is 1. The molecule has 1 saturated heterocycles. The van der Waals surface area contributed by atoms with Crippen molar-refractivity contribution in [2.45, 2.75) is 19.3 Å². The lowest BCUT2D eigenvalue weighted by atomic mass is 10.1. The Hall–Kier alpha value is -2.65. The molecule has 1 aliphatic rings. The number of nitrogens with zero attached hydrogens (tertiary/aromatic N) is 1. The molecule has 3 rings (SSSR count). The first-order chi connectivity index (χ1) is 13.3. The number of aromatic amines is 1. The van der Waals surface area contributed by atoms with E-state index in [1.807, 2.05) is 0 Å². The van der Waals surface area contributed by atoms with Gasteiger partial charge in [0.2, 0.25) is 0 Å². The Morgan fingerprint density at radius 2 is 1.86 bits per heavy atom. The summed E-state index contributed by atoms with van der Waals surface area (Å²) < 4.78 is 44.3. The van der Waals surface area contributed by atoms with Crippen LogP contribution in [0.4, 0.5) is 13.2 Å². The van der Waals surface area contributed by atoms with Crippen LogP contribution in [0.1, 0.15) is 27.2 Å². The molecule has 1 aliphatic heterocycles. The van der Waals surface area contributed by atoms with E-state index in [4.69, 9.17) is 4.74 Å². The molecule has 0 unspecified atom stereocenters. The van der Waals surface area contributed by atoms with Gasteiger partial charge in [0.25, 0.3) is 11.5 Å². The van der Waals surface area contributed by atoms with Crippen LogP contribution in [0.3, 0.4) is 0 Å². The summed E-state index contributed by atoms with van der Waals surface area (Å²) in [6, 6.07) is 8.01. The lowest BCUT2D eigenvalue weighted by molar-refractivity contribution is -0.138. The topological polar surface area (TPSA) is 74.4 Å². The van der Waals surface area contributed by atoms with Crippen molar-refractivity contribution in [1.29, 1.82) is 0 Å². The minimum atomic E-state index is -4.51. The second-order valence-corrected chi connectivity index (χ2v) is 6.45. The van der Waals surface area contributed by atoms with Gasteiger partial charge in [0.1, 0.15) is 5.56 Å². The van der Waals surface area contributed by atoms with Gasteiger partial charge in [-0.15, -0.1) is 0 Å². The second kappa shape index (κ2) is 8.57. The van der Waals surface area contributed by atoms with E-state index in [1.165, 1.54) is 24.3 Å². The first-order valence-corrected chi connectivity index (χ1v) is 8.80. The van der Waals surface area contributed by atoms with E-state index >= 15 is 0 Å². The highest BCUT2D eigenvalue weighted by molar-refractivity contribution is 5.93. The molecule has 0 atom stereocenters. The van der Waals surface area contributed by atoms with Gasteiger partial charge >= 0.3 is 6.18 Å². The summed E-state index contributed by atoms with van der Waals surface area (Å²) in [5, 5.41) is 2.38. The molecule has 1 amide bonds. The molecule has 150 valence electrons. The monoisotopic (exact) mass is 395 g/mol. The van der Waals surface area contributed by atoms with Crippen molar-refractivity contribution in [3.05, 3.63) is 69.1 Å². The lowest BCUT2D eigenvalue weighted by Gasteiger charge is -2.26. The average Bonchev–Trinajstić information content (AvgIpc) is 2.66. The number of pyridine rings is 1. The number of benzene rings is 1. The maximum atomic E-state index is 13.0. The van der Waals surface area contributed by atoms with Crippen molar-refractivity contribution in [2.75, 3.05) is 26.3 Å². The zero-order valence-electron chi connectivity index (χ0n) is 15.0. The van der Waals surface area contributed by atoms with E-state index in [-0.39, 0.29) is 17.7 Å². The largest absolute Gasteiger partial charge is 0.416 e. The van der Waals surface area contributed by atoms with Gasteiger partial charge < -0.3 is 15.0 Å². The normalized spacial score (nSPS) is 15.4. The number of H-pyrrole nitrogens is 1. The number of ether oxygens (including phenoxy) is 1. The molecule has 0 spiro atoms. The van der Waals surface area contributed by atoms with Gasteiger partial charge in [-0.1, -0.05) is 18.2 Å². The van der Waals surface area contributed by atoms with Crippen LogP contribution in [-0.2, 0) is 24.0 Å². The number of morpholine rings is 1. The number of hydrogen-bond acceptors (Lipinski definition) is 4. The van der Waals surface area contributed by atoms with Crippen LogP contribution in [0, 0.1) is 0 Å². The third-order valence-electron chi connectivity index (χ3n) is 4.47. The number of halogens is 3. The molecule has 1 aromatic heterocycles. The molecule has 6 nitrogen and oxygen atoms in total. The Morgan fingerprint density at radius 1 is 1.14 bits per heavy atom. The molecule has 2 aromatic rings. The Morgan fingerprint density at radius 3 is 2.54 bits per heavy atom. The molecule has 2 N–H and O–H groups in total. The Bertz CT molecular complexity index is 890. The van der Waals surface area contributed by atoms with Crippen molar-refractivity contribution < 1.29 is 22.7 Å². The van der Waals surface area contributed by atoms with Crippen molar-refractivity contribution in [2.24, 2.45) is 0 Å². The fraction of sp³-hybridized carbons (Fsp3) is 0.368. The van der Waals surface area contributed by atoms with Gasteiger partial charge in [0.05, 0.1) is 18.8 Å². The molecule has 9 heteroatoms. The highest BCUT2D eigenvalue weighted by Gasteiger charge is 2.32. The summed E-state index contributed by atoms with van der Waals surface area (Å²) in [6.45, 7) is 2.96. The Labute approximate surface area is 159 Å². The predicted octanol–water partition coefficient (Wildman–Crippen LogP) is 2.16. The summed E-state index contributed by atoms with van der Waals surface area (Å²) in [7, 11) is 0. The molecule has 0 bridgehead atoms. The minimum Gasteiger partial charge on any atom is -0.379 e. The third-order valence-corrected chi connectivity index (χ3v) is 4.47. The first kappa shape index (κ1) is 20.1. The number of carbonyl (C=O) groups excluding carboxylic acids is 1. The fourth-order valence-corrected chi connectivity index (χ4v) is 3.01. The van der Waals surface area contributed by atoms with E-state index in [1.54, 1.807) is 6.07 Å². The van der Waals surface area contributed by atoms with Crippen molar-refractivity contribution in [3.63, 3.8) is 0 Å². The van der Waals surface area contributed by atoms with Gasteiger partial charge in [0.15, 0.2) is 0 Å². The van der Waals surface area contributed by atoms with E-state index in [9.17, 15) is 22.8 Å². The Balaban J connectivity index is 1.66. The predicted molar refractivity (Wildman–Crippen MR) is 95.8 cm³/mol. The summed E-state index contributed by atoms with van der Waals surface area (Å²) in [5.41, 5.74) is -0.942. The molecule has 1 aromatic carbocycles. The van der Waals surface area contributed by atoms with Gasteiger partial charge in [-0.05, 0) is 23.8 Å². The van der Waals surface area contributed by atoms with Crippen molar-refractivity contribution >= 4 is 5.91 Å². The minimum absolute atomic E-state index is 0.0660. The van der Waals surface area contributed by atoms with Crippen LogP contribution in [-0.4, -0.2) is 42.1 Å². The van der Waals surface area contributed by atoms with E-state index in [0.29, 0.717) is 25.5 Å². The van der Waals surface area contributed by atoms with Crippen LogP contribution < -0.4 is 10.9 Å². The zero-order chi connectivity index (χ0) is 20.1. The van der Waals surface area contributed by atoms with E-state index in [2.05, 4.69) is 15.2 Å². The molecule has 1 fully saturated rings. The van der Waals surface area contributed by atoms with Crippen LogP contribution in [0.5, 0.6) is 0 Å². The molecular weight excluding hydrogens is 375 g/mol. The summed E-state index contributed by atoms with van der Waals surface area (Å²) >= 11 is 0. The molecule has 28 heavy (non-hydrogen) atoms. The van der Waals surface area contributed by atoms with Gasteiger partial charge in [-0.25, -0.2) is 0 Å². The Kier molecular flexibility index (Phi) is 6.15. The lowest BCUT2D eigenvalue weighted by Crippen LogP contribution is -2.36. The van der Waals surface area contributed by atoms with Gasteiger partial charge in [0, 0.05) is 31.9 Å². The molecule has 0 saturated carbocycles. The highest BCUT2D eigenvalue weighted by atomic mass is 19.4. The molecular formula is C19H20F3N3O3. The number of rotatable bonds is 5. The smallest absolute Gasteiger partial charge is 0.379 e. The van der Waals surface area contributed by atoms with Crippen LogP contribution >= 0.6 is 0 Å². The standard InChI is InChI=1S/C19H20F3N3O3/c20-19(21,22)16-4-2-1-3-13(16)11-23-17(26)15-6-5-14(24-18(15)27)12-25-7-9-28-10-8-25/h1-6H,7-12H2,(H,23,26)(H,24,27). The van der Waals surface area contributed by atoms with Crippen molar-refractivity contribution in [1.82, 2.24) is 15.2 Å². The maximum absolute atomic E-state index is 13.0. The second-order valence-electron chi connectivity index (χ2n) is 6.45. The van der Waals surface area contributed by atoms with E-state index in [0.717, 1.165) is 19.2 Å². The number of aromatic nitrogens is 1. The van der Waals surface area contributed by atoms with Gasteiger partial charge in [-0.3, -0.25) is 14.5 Å². The average molecular weight is 395 g/mol. The van der Waals surface area contributed by atoms with Crippen LogP contribution in [0.15, 0.2) is 41.2 Å². The zero-order valence-corrected chi connectivity index (χ0v) is 15.0. The van der Waals surface area contributed by atoms with Gasteiger partial charge in [-0.2, -0.15) is 13.2 Å². The SMILES string of the molecule is O=C(NCc1ccccc1C(F)(F)F)c1ccc(CN2CCOCC2)[nH]c1=O. The summed E-state index contributed by atoms with van der Waals surface area (Å²) in [5.74, 6) is -0.726. The van der Waals surface area contributed by atoms with Crippen LogP contribution in [0.2, 0.25) is 0 Å². The third kappa shape index (κ3) is 4.99. The number of hydrogen-bond donors (Lipinski definition) is 2. The molecule has 0 radical (unpaired) electrons. The number of carbonyl (C=O) groups is 1. The molecule has 2 heterocycles. The first-order valence-electron chi connectivity index (χ1n) is 8.80. The highest BCUT2D eigenvalue weighted by Crippen LogP contribution is 2.31. The van der Waals surface area contributed by atoms with E-state index < -0.39 is 23.2 Å². The number of alkyl halides is 3. The number of nitrogens with one attached hydrogen (secondary N) is 2. The summed E-state index contributed by atoms with van der Waals surface area (Å²) in [4.78, 5) is 29.3. The molecule has 0 aliphatic carbocycles.